The van der Waals surface area contributed by atoms with Crippen LogP contribution in [0.4, 0.5) is 5.69 Å². The van der Waals surface area contributed by atoms with Gasteiger partial charge in [-0.15, -0.1) is 0 Å². The minimum Gasteiger partial charge on any atom is -0.490 e. The van der Waals surface area contributed by atoms with Crippen molar-refractivity contribution >= 4 is 5.69 Å². The van der Waals surface area contributed by atoms with E-state index in [-0.39, 0.29) is 0 Å². The van der Waals surface area contributed by atoms with Gasteiger partial charge in [-0.3, -0.25) is 0 Å². The fourth-order valence-electron chi connectivity index (χ4n) is 2.53. The Hall–Kier alpha value is -1.42. The van der Waals surface area contributed by atoms with Crippen LogP contribution in [0.2, 0.25) is 0 Å². The van der Waals surface area contributed by atoms with E-state index in [1.165, 1.54) is 12.8 Å². The molecule has 0 aromatic heterocycles. The average Bonchev–Trinajstić information content (AvgIpc) is 2.45. The lowest BCUT2D eigenvalue weighted by atomic mass is 10.1. The topological polar surface area (TPSA) is 33.7 Å². The summed E-state index contributed by atoms with van der Waals surface area (Å²) in [5.41, 5.74) is 1.12. The number of anilines is 1. The summed E-state index contributed by atoms with van der Waals surface area (Å²) in [7, 11) is 2.18. The molecule has 1 fully saturated rings. The number of hydrogen-bond donors (Lipinski definition) is 1. The zero-order valence-corrected chi connectivity index (χ0v) is 12.8. The third kappa shape index (κ3) is 4.04. The van der Waals surface area contributed by atoms with Gasteiger partial charge in [-0.25, -0.2) is 0 Å². The maximum absolute atomic E-state index is 5.66. The van der Waals surface area contributed by atoms with E-state index >= 15 is 0 Å². The summed E-state index contributed by atoms with van der Waals surface area (Å²) in [6.45, 7) is 7.60. The van der Waals surface area contributed by atoms with Gasteiger partial charge >= 0.3 is 0 Å². The molecule has 1 N–H and O–H groups in total. The number of benzene rings is 1. The molecule has 0 bridgehead atoms. The Labute approximate surface area is 122 Å². The quantitative estimate of drug-likeness (QED) is 0.867. The predicted octanol–water partition coefficient (Wildman–Crippen LogP) is 2.99. The number of hydrogen-bond acceptors (Lipinski definition) is 4. The first-order valence-electron chi connectivity index (χ1n) is 7.57. The second-order valence-electron chi connectivity index (χ2n) is 5.25. The van der Waals surface area contributed by atoms with Crippen molar-refractivity contribution < 1.29 is 9.47 Å². The molecule has 1 aliphatic heterocycles. The first-order valence-corrected chi connectivity index (χ1v) is 7.57. The van der Waals surface area contributed by atoms with Crippen LogP contribution in [0.15, 0.2) is 18.2 Å². The van der Waals surface area contributed by atoms with Gasteiger partial charge in [-0.05, 0) is 59.0 Å². The van der Waals surface area contributed by atoms with Crippen LogP contribution in [0.5, 0.6) is 11.5 Å². The maximum Gasteiger partial charge on any atom is 0.163 e. The molecule has 4 nitrogen and oxygen atoms in total. The van der Waals surface area contributed by atoms with Gasteiger partial charge in [-0.2, -0.15) is 0 Å². The highest BCUT2D eigenvalue weighted by Gasteiger charge is 2.17. The molecule has 0 aliphatic carbocycles. The molecule has 0 unspecified atom stereocenters. The van der Waals surface area contributed by atoms with Gasteiger partial charge in [-0.1, -0.05) is 0 Å². The SMILES string of the molecule is CCOc1ccc(NC2CCN(C)CC2)cc1OCC. The summed E-state index contributed by atoms with van der Waals surface area (Å²) in [5.74, 6) is 1.65. The molecule has 0 spiro atoms. The fourth-order valence-corrected chi connectivity index (χ4v) is 2.53. The maximum atomic E-state index is 5.66. The summed E-state index contributed by atoms with van der Waals surface area (Å²) in [6.07, 6.45) is 2.38. The van der Waals surface area contributed by atoms with Crippen molar-refractivity contribution in [1.82, 2.24) is 4.90 Å². The lowest BCUT2D eigenvalue weighted by molar-refractivity contribution is 0.263. The van der Waals surface area contributed by atoms with Gasteiger partial charge in [0.05, 0.1) is 13.2 Å². The zero-order valence-electron chi connectivity index (χ0n) is 12.8. The van der Waals surface area contributed by atoms with E-state index in [1.807, 2.05) is 26.0 Å². The molecule has 1 aliphatic rings. The Morgan fingerprint density at radius 1 is 1.10 bits per heavy atom. The molecule has 0 amide bonds. The van der Waals surface area contributed by atoms with Crippen molar-refractivity contribution in [1.29, 1.82) is 0 Å². The predicted molar refractivity (Wildman–Crippen MR) is 82.9 cm³/mol. The summed E-state index contributed by atoms with van der Waals surface area (Å²) in [6, 6.07) is 6.67. The van der Waals surface area contributed by atoms with Crippen molar-refractivity contribution in [2.75, 3.05) is 38.7 Å². The Bertz CT molecular complexity index is 415. The second kappa shape index (κ2) is 7.39. The van der Waals surface area contributed by atoms with E-state index < -0.39 is 0 Å². The summed E-state index contributed by atoms with van der Waals surface area (Å²) < 4.78 is 11.3. The number of piperidine rings is 1. The Kier molecular flexibility index (Phi) is 5.53. The van der Waals surface area contributed by atoms with Crippen molar-refractivity contribution in [2.45, 2.75) is 32.7 Å². The highest BCUT2D eigenvalue weighted by Crippen LogP contribution is 2.31. The Morgan fingerprint density at radius 3 is 2.40 bits per heavy atom. The smallest absolute Gasteiger partial charge is 0.163 e. The van der Waals surface area contributed by atoms with Crippen LogP contribution in [0.3, 0.4) is 0 Å². The number of nitrogens with zero attached hydrogens (tertiary/aromatic N) is 1. The number of likely N-dealkylation sites (tertiary alicyclic amines) is 1. The molecule has 1 saturated heterocycles. The molecule has 1 aromatic rings. The van der Waals surface area contributed by atoms with Crippen molar-refractivity contribution in [3.63, 3.8) is 0 Å². The van der Waals surface area contributed by atoms with Crippen LogP contribution < -0.4 is 14.8 Å². The van der Waals surface area contributed by atoms with Crippen LogP contribution in [0.25, 0.3) is 0 Å². The molecule has 20 heavy (non-hydrogen) atoms. The van der Waals surface area contributed by atoms with Gasteiger partial charge in [0.1, 0.15) is 0 Å². The molecule has 0 saturated carbocycles. The van der Waals surface area contributed by atoms with Crippen LogP contribution in [0.1, 0.15) is 26.7 Å². The average molecular weight is 278 g/mol. The second-order valence-corrected chi connectivity index (χ2v) is 5.25. The first-order chi connectivity index (χ1) is 9.72. The Morgan fingerprint density at radius 2 is 1.75 bits per heavy atom. The van der Waals surface area contributed by atoms with Gasteiger partial charge in [0.15, 0.2) is 11.5 Å². The normalized spacial score (nSPS) is 16.9. The molecular weight excluding hydrogens is 252 g/mol. The van der Waals surface area contributed by atoms with Gasteiger partial charge in [0.2, 0.25) is 0 Å². The molecule has 2 rings (SSSR count). The summed E-state index contributed by atoms with van der Waals surface area (Å²) in [4.78, 5) is 2.38. The first kappa shape index (κ1) is 15.0. The van der Waals surface area contributed by atoms with E-state index in [0.717, 1.165) is 30.3 Å². The van der Waals surface area contributed by atoms with Gasteiger partial charge in [0, 0.05) is 17.8 Å². The van der Waals surface area contributed by atoms with E-state index in [2.05, 4.69) is 23.3 Å². The van der Waals surface area contributed by atoms with E-state index in [1.54, 1.807) is 0 Å². The lowest BCUT2D eigenvalue weighted by Gasteiger charge is -2.30. The molecule has 0 radical (unpaired) electrons. The zero-order chi connectivity index (χ0) is 14.4. The van der Waals surface area contributed by atoms with E-state index in [4.69, 9.17) is 9.47 Å². The number of rotatable bonds is 6. The van der Waals surface area contributed by atoms with Crippen molar-refractivity contribution in [2.24, 2.45) is 0 Å². The summed E-state index contributed by atoms with van der Waals surface area (Å²) in [5, 5.41) is 3.61. The van der Waals surface area contributed by atoms with Crippen molar-refractivity contribution in [3.8, 4) is 11.5 Å². The minimum atomic E-state index is 0.554. The fraction of sp³-hybridized carbons (Fsp3) is 0.625. The molecule has 0 atom stereocenters. The third-order valence-corrected chi connectivity index (χ3v) is 3.63. The van der Waals surface area contributed by atoms with Gasteiger partial charge < -0.3 is 19.7 Å². The van der Waals surface area contributed by atoms with E-state index in [0.29, 0.717) is 19.3 Å². The molecule has 1 aromatic carbocycles. The molecule has 4 heteroatoms. The lowest BCUT2D eigenvalue weighted by Crippen LogP contribution is -2.36. The molecule has 1 heterocycles. The van der Waals surface area contributed by atoms with Crippen LogP contribution in [0, 0.1) is 0 Å². The number of ether oxygens (including phenoxy) is 2. The third-order valence-electron chi connectivity index (χ3n) is 3.63. The molecule has 112 valence electrons. The van der Waals surface area contributed by atoms with Crippen LogP contribution in [-0.4, -0.2) is 44.3 Å². The summed E-state index contributed by atoms with van der Waals surface area (Å²) >= 11 is 0. The highest BCUT2D eigenvalue weighted by molar-refractivity contribution is 5.55. The molecular formula is C16H26N2O2. The van der Waals surface area contributed by atoms with E-state index in [9.17, 15) is 0 Å². The highest BCUT2D eigenvalue weighted by atomic mass is 16.5. The Balaban J connectivity index is 2.02. The van der Waals surface area contributed by atoms with Crippen LogP contribution in [-0.2, 0) is 0 Å². The monoisotopic (exact) mass is 278 g/mol. The van der Waals surface area contributed by atoms with Crippen LogP contribution >= 0.6 is 0 Å². The largest absolute Gasteiger partial charge is 0.490 e. The number of nitrogens with one attached hydrogen (secondary N) is 1. The van der Waals surface area contributed by atoms with Crippen molar-refractivity contribution in [3.05, 3.63) is 18.2 Å². The van der Waals surface area contributed by atoms with Gasteiger partial charge in [0.25, 0.3) is 0 Å². The standard InChI is InChI=1S/C16H26N2O2/c1-4-19-15-7-6-14(12-16(15)20-5-2)17-13-8-10-18(3)11-9-13/h6-7,12-13,17H,4-5,8-11H2,1-3H3. The minimum absolute atomic E-state index is 0.554.